The lowest BCUT2D eigenvalue weighted by Gasteiger charge is -2.25. The number of halogens is 1. The average Bonchev–Trinajstić information content (AvgIpc) is 3.29. The van der Waals surface area contributed by atoms with Crippen molar-refractivity contribution in [1.29, 1.82) is 0 Å². The standard InChI is InChI=1S/C14H19ClN2O3S/c1-9(10-4-5-10)17(3)14(18)12-8-11(6-7-13(12)15)21(19,20)16-2/h6-10,16H,4-5H2,1-3H3/t9-/m1/s1. The van der Waals surface area contributed by atoms with Crippen LogP contribution in [0.3, 0.4) is 0 Å². The molecule has 0 aliphatic heterocycles. The number of hydrogen-bond donors (Lipinski definition) is 1. The molecule has 0 spiro atoms. The Morgan fingerprint density at radius 3 is 2.57 bits per heavy atom. The average molecular weight is 331 g/mol. The molecule has 7 heteroatoms. The van der Waals surface area contributed by atoms with Crippen LogP contribution in [0.2, 0.25) is 5.02 Å². The third-order valence-corrected chi connectivity index (χ3v) is 5.72. The monoisotopic (exact) mass is 330 g/mol. The minimum absolute atomic E-state index is 0.0326. The van der Waals surface area contributed by atoms with Crippen LogP contribution in [0, 0.1) is 5.92 Å². The fraction of sp³-hybridized carbons (Fsp3) is 0.500. The topological polar surface area (TPSA) is 66.5 Å². The summed E-state index contributed by atoms with van der Waals surface area (Å²) >= 11 is 6.07. The number of carbonyl (C=O) groups is 1. The highest BCUT2D eigenvalue weighted by atomic mass is 35.5. The third kappa shape index (κ3) is 3.39. The van der Waals surface area contributed by atoms with Gasteiger partial charge in [0.2, 0.25) is 10.0 Å². The molecule has 1 aromatic carbocycles. The quantitative estimate of drug-likeness (QED) is 0.899. The Labute approximate surface area is 130 Å². The minimum atomic E-state index is -3.60. The second kappa shape index (κ2) is 5.94. The van der Waals surface area contributed by atoms with Crippen LogP contribution in [0.15, 0.2) is 23.1 Å². The number of rotatable bonds is 5. The molecule has 0 saturated heterocycles. The molecule has 1 aliphatic rings. The predicted octanol–water partition coefficient (Wildman–Crippen LogP) is 2.12. The van der Waals surface area contributed by atoms with Crippen molar-refractivity contribution < 1.29 is 13.2 Å². The van der Waals surface area contributed by atoms with E-state index in [1.165, 1.54) is 25.2 Å². The summed E-state index contributed by atoms with van der Waals surface area (Å²) < 4.78 is 25.9. The van der Waals surface area contributed by atoms with E-state index in [1.54, 1.807) is 11.9 Å². The van der Waals surface area contributed by atoms with Crippen LogP contribution in [0.1, 0.15) is 30.1 Å². The summed E-state index contributed by atoms with van der Waals surface area (Å²) in [5.41, 5.74) is 0.211. The van der Waals surface area contributed by atoms with Gasteiger partial charge in [-0.2, -0.15) is 0 Å². The maximum Gasteiger partial charge on any atom is 0.255 e. The minimum Gasteiger partial charge on any atom is -0.339 e. The first-order valence-electron chi connectivity index (χ1n) is 6.78. The first kappa shape index (κ1) is 16.3. The van der Waals surface area contributed by atoms with E-state index >= 15 is 0 Å². The molecule has 0 aromatic heterocycles. The molecular weight excluding hydrogens is 312 g/mol. The fourth-order valence-electron chi connectivity index (χ4n) is 2.22. The number of nitrogens with one attached hydrogen (secondary N) is 1. The second-order valence-electron chi connectivity index (χ2n) is 5.34. The number of nitrogens with zero attached hydrogens (tertiary/aromatic N) is 1. The Balaban J connectivity index is 2.34. The van der Waals surface area contributed by atoms with Crippen molar-refractivity contribution in [3.8, 4) is 0 Å². The lowest BCUT2D eigenvalue weighted by molar-refractivity contribution is 0.0727. The van der Waals surface area contributed by atoms with Gasteiger partial charge in [-0.15, -0.1) is 0 Å². The summed E-state index contributed by atoms with van der Waals surface area (Å²) in [6, 6.07) is 4.27. The first-order valence-corrected chi connectivity index (χ1v) is 8.64. The molecule has 0 heterocycles. The molecule has 5 nitrogen and oxygen atoms in total. The number of hydrogen-bond acceptors (Lipinski definition) is 3. The van der Waals surface area contributed by atoms with E-state index in [0.29, 0.717) is 5.92 Å². The lowest BCUT2D eigenvalue weighted by Crippen LogP contribution is -2.36. The van der Waals surface area contributed by atoms with Crippen molar-refractivity contribution in [3.05, 3.63) is 28.8 Å². The summed E-state index contributed by atoms with van der Waals surface area (Å²) in [4.78, 5) is 14.2. The zero-order chi connectivity index (χ0) is 15.8. The van der Waals surface area contributed by atoms with Gasteiger partial charge in [0.25, 0.3) is 5.91 Å². The van der Waals surface area contributed by atoms with Crippen LogP contribution >= 0.6 is 11.6 Å². The molecule has 1 atom stereocenters. The van der Waals surface area contributed by atoms with Crippen LogP contribution in [-0.2, 0) is 10.0 Å². The highest BCUT2D eigenvalue weighted by Crippen LogP contribution is 2.35. The summed E-state index contributed by atoms with van der Waals surface area (Å²) in [7, 11) is -0.551. The Morgan fingerprint density at radius 1 is 1.43 bits per heavy atom. The normalized spacial score (nSPS) is 16.6. The third-order valence-electron chi connectivity index (χ3n) is 3.98. The lowest BCUT2D eigenvalue weighted by atomic mass is 10.1. The van der Waals surface area contributed by atoms with Crippen molar-refractivity contribution in [2.75, 3.05) is 14.1 Å². The van der Waals surface area contributed by atoms with Gasteiger partial charge in [-0.1, -0.05) is 11.6 Å². The van der Waals surface area contributed by atoms with Crippen LogP contribution in [0.25, 0.3) is 0 Å². The van der Waals surface area contributed by atoms with Crippen molar-refractivity contribution in [1.82, 2.24) is 9.62 Å². The zero-order valence-corrected chi connectivity index (χ0v) is 13.8. The van der Waals surface area contributed by atoms with Crippen molar-refractivity contribution in [3.63, 3.8) is 0 Å². The molecule has 1 saturated carbocycles. The summed E-state index contributed by atoms with van der Waals surface area (Å²) in [5, 5.41) is 0.255. The number of amides is 1. The van der Waals surface area contributed by atoms with Crippen molar-refractivity contribution in [2.45, 2.75) is 30.7 Å². The van der Waals surface area contributed by atoms with E-state index in [4.69, 9.17) is 11.6 Å². The van der Waals surface area contributed by atoms with Gasteiger partial charge in [0, 0.05) is 13.1 Å². The smallest absolute Gasteiger partial charge is 0.255 e. The number of carbonyl (C=O) groups excluding carboxylic acids is 1. The molecule has 0 radical (unpaired) electrons. The molecule has 1 aromatic rings. The molecular formula is C14H19ClN2O3S. The highest BCUT2D eigenvalue weighted by Gasteiger charge is 2.33. The second-order valence-corrected chi connectivity index (χ2v) is 7.64. The zero-order valence-electron chi connectivity index (χ0n) is 12.3. The van der Waals surface area contributed by atoms with Crippen molar-refractivity contribution >= 4 is 27.5 Å². The van der Waals surface area contributed by atoms with E-state index in [0.717, 1.165) is 12.8 Å². The van der Waals surface area contributed by atoms with E-state index in [9.17, 15) is 13.2 Å². The summed E-state index contributed by atoms with van der Waals surface area (Å²) in [6.07, 6.45) is 2.25. The van der Waals surface area contributed by atoms with Gasteiger partial charge in [0.1, 0.15) is 0 Å². The number of benzene rings is 1. The number of sulfonamides is 1. The van der Waals surface area contributed by atoms with Gasteiger partial charge in [0.05, 0.1) is 15.5 Å². The van der Waals surface area contributed by atoms with E-state index in [-0.39, 0.29) is 27.4 Å². The van der Waals surface area contributed by atoms with Crippen LogP contribution in [0.5, 0.6) is 0 Å². The van der Waals surface area contributed by atoms with Gasteiger partial charge in [0.15, 0.2) is 0 Å². The molecule has 1 fully saturated rings. The van der Waals surface area contributed by atoms with E-state index in [1.807, 2.05) is 6.92 Å². The first-order chi connectivity index (χ1) is 9.77. The van der Waals surface area contributed by atoms with E-state index < -0.39 is 10.0 Å². The Bertz CT molecular complexity index is 656. The van der Waals surface area contributed by atoms with Crippen LogP contribution in [-0.4, -0.2) is 39.4 Å². The molecule has 1 N–H and O–H groups in total. The van der Waals surface area contributed by atoms with Gasteiger partial charge >= 0.3 is 0 Å². The maximum atomic E-state index is 12.5. The Hall–Kier alpha value is -1.11. The van der Waals surface area contributed by atoms with Gasteiger partial charge in [-0.05, 0) is 50.9 Å². The van der Waals surface area contributed by atoms with Crippen molar-refractivity contribution in [2.24, 2.45) is 5.92 Å². The highest BCUT2D eigenvalue weighted by molar-refractivity contribution is 7.89. The summed E-state index contributed by atoms with van der Waals surface area (Å²) in [5.74, 6) is 0.273. The Kier molecular flexibility index (Phi) is 4.60. The van der Waals surface area contributed by atoms with Gasteiger partial charge in [-0.25, -0.2) is 13.1 Å². The van der Waals surface area contributed by atoms with Crippen LogP contribution in [0.4, 0.5) is 0 Å². The predicted molar refractivity (Wildman–Crippen MR) is 82.0 cm³/mol. The van der Waals surface area contributed by atoms with Crippen LogP contribution < -0.4 is 4.72 Å². The maximum absolute atomic E-state index is 12.5. The molecule has 1 aliphatic carbocycles. The molecule has 0 bridgehead atoms. The largest absolute Gasteiger partial charge is 0.339 e. The molecule has 1 amide bonds. The SMILES string of the molecule is CNS(=O)(=O)c1ccc(Cl)c(C(=O)N(C)[C@H](C)C2CC2)c1. The van der Waals surface area contributed by atoms with Gasteiger partial charge < -0.3 is 4.90 Å². The molecule has 116 valence electrons. The Morgan fingerprint density at radius 2 is 2.05 bits per heavy atom. The molecule has 0 unspecified atom stereocenters. The van der Waals surface area contributed by atoms with Gasteiger partial charge in [-0.3, -0.25) is 4.79 Å². The molecule has 2 rings (SSSR count). The van der Waals surface area contributed by atoms with E-state index in [2.05, 4.69) is 4.72 Å². The summed E-state index contributed by atoms with van der Waals surface area (Å²) in [6.45, 7) is 2.00. The molecule has 21 heavy (non-hydrogen) atoms. The fourth-order valence-corrected chi connectivity index (χ4v) is 3.18.